The monoisotopic (exact) mass is 286 g/mol. The quantitative estimate of drug-likeness (QED) is 0.838. The molecule has 0 aromatic heterocycles. The number of anilines is 1. The van der Waals surface area contributed by atoms with Gasteiger partial charge in [-0.1, -0.05) is 44.9 Å². The van der Waals surface area contributed by atoms with Gasteiger partial charge >= 0.3 is 0 Å². The smallest absolute Gasteiger partial charge is 0.0429 e. The average molecular weight is 286 g/mol. The van der Waals surface area contributed by atoms with E-state index >= 15 is 0 Å². The van der Waals surface area contributed by atoms with Gasteiger partial charge in [-0.2, -0.15) is 0 Å². The van der Waals surface area contributed by atoms with Crippen molar-refractivity contribution in [3.8, 4) is 0 Å². The van der Waals surface area contributed by atoms with Crippen LogP contribution < -0.4 is 5.32 Å². The molecular formula is C19H30N2. The van der Waals surface area contributed by atoms with Crippen LogP contribution in [0.1, 0.15) is 51.5 Å². The fourth-order valence-electron chi connectivity index (χ4n) is 3.89. The standard InChI is InChI=1S/C19H30N2/c1-15(2)11-12-21(18-8-4-5-9-18)14-17-13-16-7-3-6-10-19(16)20-17/h3,6-7,10,15,17-18,20H,4-5,8-9,11-14H2,1-2H3. The van der Waals surface area contributed by atoms with Crippen LogP contribution in [0.2, 0.25) is 0 Å². The van der Waals surface area contributed by atoms with Gasteiger partial charge in [0.05, 0.1) is 0 Å². The van der Waals surface area contributed by atoms with Gasteiger partial charge in [-0.15, -0.1) is 0 Å². The highest BCUT2D eigenvalue weighted by molar-refractivity contribution is 5.56. The van der Waals surface area contributed by atoms with E-state index in [2.05, 4.69) is 48.3 Å². The van der Waals surface area contributed by atoms with E-state index in [4.69, 9.17) is 0 Å². The van der Waals surface area contributed by atoms with Crippen molar-refractivity contribution in [1.82, 2.24) is 4.90 Å². The largest absolute Gasteiger partial charge is 0.380 e. The number of fused-ring (bicyclic) bond motifs is 1. The third kappa shape index (κ3) is 3.79. The summed E-state index contributed by atoms with van der Waals surface area (Å²) in [6.07, 6.45) is 8.22. The molecule has 1 fully saturated rings. The summed E-state index contributed by atoms with van der Waals surface area (Å²) in [6.45, 7) is 7.18. The summed E-state index contributed by atoms with van der Waals surface area (Å²) >= 11 is 0. The second kappa shape index (κ2) is 6.83. The molecule has 1 aliphatic carbocycles. The first kappa shape index (κ1) is 14.9. The van der Waals surface area contributed by atoms with Crippen LogP contribution >= 0.6 is 0 Å². The van der Waals surface area contributed by atoms with Gasteiger partial charge in [-0.3, -0.25) is 4.90 Å². The predicted octanol–water partition coefficient (Wildman–Crippen LogP) is 4.31. The van der Waals surface area contributed by atoms with Crippen LogP contribution in [0.15, 0.2) is 24.3 Å². The predicted molar refractivity (Wildman–Crippen MR) is 90.8 cm³/mol. The van der Waals surface area contributed by atoms with Gasteiger partial charge < -0.3 is 5.32 Å². The Kier molecular flexibility index (Phi) is 4.84. The van der Waals surface area contributed by atoms with E-state index in [1.165, 1.54) is 62.9 Å². The second-order valence-corrected chi connectivity index (χ2v) is 7.32. The second-order valence-electron chi connectivity index (χ2n) is 7.32. The highest BCUT2D eigenvalue weighted by Crippen LogP contribution is 2.28. The molecule has 116 valence electrons. The van der Waals surface area contributed by atoms with Crippen molar-refractivity contribution in [2.45, 2.75) is 64.5 Å². The van der Waals surface area contributed by atoms with Crippen molar-refractivity contribution in [3.63, 3.8) is 0 Å². The summed E-state index contributed by atoms with van der Waals surface area (Å²) in [7, 11) is 0. The summed E-state index contributed by atoms with van der Waals surface area (Å²) in [6, 6.07) is 10.3. The van der Waals surface area contributed by atoms with Gasteiger partial charge in [0.15, 0.2) is 0 Å². The van der Waals surface area contributed by atoms with E-state index in [9.17, 15) is 0 Å². The molecule has 1 aliphatic heterocycles. The molecule has 2 heteroatoms. The third-order valence-electron chi connectivity index (χ3n) is 5.13. The maximum Gasteiger partial charge on any atom is 0.0429 e. The molecule has 3 rings (SSSR count). The Labute approximate surface area is 129 Å². The van der Waals surface area contributed by atoms with Crippen molar-refractivity contribution in [3.05, 3.63) is 29.8 Å². The van der Waals surface area contributed by atoms with Crippen molar-refractivity contribution >= 4 is 5.69 Å². The topological polar surface area (TPSA) is 15.3 Å². The average Bonchev–Trinajstić information content (AvgIpc) is 3.11. The van der Waals surface area contributed by atoms with Crippen LogP contribution in [-0.2, 0) is 6.42 Å². The van der Waals surface area contributed by atoms with E-state index in [0.29, 0.717) is 6.04 Å². The molecule has 1 aromatic carbocycles. The van der Waals surface area contributed by atoms with Crippen LogP contribution in [-0.4, -0.2) is 30.1 Å². The van der Waals surface area contributed by atoms with E-state index in [1.807, 2.05) is 0 Å². The first-order chi connectivity index (χ1) is 10.2. The molecule has 1 unspecified atom stereocenters. The summed E-state index contributed by atoms with van der Waals surface area (Å²) in [5.74, 6) is 0.808. The Hall–Kier alpha value is -1.02. The Balaban J connectivity index is 1.59. The van der Waals surface area contributed by atoms with Gasteiger partial charge in [-0.25, -0.2) is 0 Å². The van der Waals surface area contributed by atoms with Crippen LogP contribution in [0.5, 0.6) is 0 Å². The minimum Gasteiger partial charge on any atom is -0.380 e. The van der Waals surface area contributed by atoms with Crippen LogP contribution in [0.3, 0.4) is 0 Å². The number of hydrogen-bond donors (Lipinski definition) is 1. The molecular weight excluding hydrogens is 256 g/mol. The fourth-order valence-corrected chi connectivity index (χ4v) is 3.89. The van der Waals surface area contributed by atoms with Crippen molar-refractivity contribution in [2.24, 2.45) is 5.92 Å². The van der Waals surface area contributed by atoms with Gasteiger partial charge in [0.1, 0.15) is 0 Å². The summed E-state index contributed by atoms with van der Waals surface area (Å²) in [5, 5.41) is 3.73. The molecule has 2 aliphatic rings. The Morgan fingerprint density at radius 3 is 2.67 bits per heavy atom. The molecule has 1 N–H and O–H groups in total. The lowest BCUT2D eigenvalue weighted by Crippen LogP contribution is -2.42. The molecule has 0 amide bonds. The Bertz CT molecular complexity index is 424. The summed E-state index contributed by atoms with van der Waals surface area (Å²) in [5.41, 5.74) is 2.86. The molecule has 1 saturated carbocycles. The zero-order valence-electron chi connectivity index (χ0n) is 13.6. The number of nitrogens with zero attached hydrogens (tertiary/aromatic N) is 1. The number of nitrogens with one attached hydrogen (secondary N) is 1. The Morgan fingerprint density at radius 1 is 1.19 bits per heavy atom. The zero-order valence-corrected chi connectivity index (χ0v) is 13.6. The van der Waals surface area contributed by atoms with Crippen LogP contribution in [0, 0.1) is 5.92 Å². The molecule has 0 radical (unpaired) electrons. The van der Waals surface area contributed by atoms with E-state index < -0.39 is 0 Å². The minimum atomic E-state index is 0.607. The molecule has 0 bridgehead atoms. The highest BCUT2D eigenvalue weighted by Gasteiger charge is 2.27. The lowest BCUT2D eigenvalue weighted by Gasteiger charge is -2.32. The highest BCUT2D eigenvalue weighted by atomic mass is 15.2. The first-order valence-corrected chi connectivity index (χ1v) is 8.81. The Morgan fingerprint density at radius 2 is 1.95 bits per heavy atom. The lowest BCUT2D eigenvalue weighted by molar-refractivity contribution is 0.181. The van der Waals surface area contributed by atoms with E-state index in [1.54, 1.807) is 0 Å². The van der Waals surface area contributed by atoms with Gasteiger partial charge in [0.25, 0.3) is 0 Å². The van der Waals surface area contributed by atoms with Crippen molar-refractivity contribution in [2.75, 3.05) is 18.4 Å². The molecule has 21 heavy (non-hydrogen) atoms. The van der Waals surface area contributed by atoms with Gasteiger partial charge in [0.2, 0.25) is 0 Å². The van der Waals surface area contributed by atoms with Gasteiger partial charge in [0, 0.05) is 24.3 Å². The third-order valence-corrected chi connectivity index (χ3v) is 5.13. The first-order valence-electron chi connectivity index (χ1n) is 8.81. The van der Waals surface area contributed by atoms with E-state index in [-0.39, 0.29) is 0 Å². The molecule has 0 spiro atoms. The van der Waals surface area contributed by atoms with Crippen molar-refractivity contribution in [1.29, 1.82) is 0 Å². The molecule has 2 nitrogen and oxygen atoms in total. The van der Waals surface area contributed by atoms with Crippen LogP contribution in [0.4, 0.5) is 5.69 Å². The van der Waals surface area contributed by atoms with Gasteiger partial charge in [-0.05, 0) is 49.8 Å². The molecule has 1 heterocycles. The maximum absolute atomic E-state index is 3.73. The number of rotatable bonds is 6. The fraction of sp³-hybridized carbons (Fsp3) is 0.684. The minimum absolute atomic E-state index is 0.607. The van der Waals surface area contributed by atoms with Crippen molar-refractivity contribution < 1.29 is 0 Å². The number of para-hydroxylation sites is 1. The van der Waals surface area contributed by atoms with Crippen LogP contribution in [0.25, 0.3) is 0 Å². The molecule has 1 atom stereocenters. The summed E-state index contributed by atoms with van der Waals surface area (Å²) < 4.78 is 0. The SMILES string of the molecule is CC(C)CCN(CC1Cc2ccccc2N1)C1CCCC1. The lowest BCUT2D eigenvalue weighted by atomic mass is 10.1. The van der Waals surface area contributed by atoms with E-state index in [0.717, 1.165) is 12.0 Å². The summed E-state index contributed by atoms with van der Waals surface area (Å²) in [4.78, 5) is 2.79. The zero-order chi connectivity index (χ0) is 14.7. The normalized spacial score (nSPS) is 22.0. The number of hydrogen-bond acceptors (Lipinski definition) is 2. The number of benzene rings is 1. The maximum atomic E-state index is 3.73. The molecule has 0 saturated heterocycles. The molecule has 1 aromatic rings.